The lowest BCUT2D eigenvalue weighted by Gasteiger charge is -2.32. The molecule has 2 aromatic rings. The van der Waals surface area contributed by atoms with E-state index in [1.165, 1.54) is 18.1 Å². The molecule has 1 unspecified atom stereocenters. The van der Waals surface area contributed by atoms with Crippen molar-refractivity contribution in [1.82, 2.24) is 4.90 Å². The molecule has 0 aromatic heterocycles. The van der Waals surface area contributed by atoms with Crippen LogP contribution in [-0.2, 0) is 11.3 Å². The van der Waals surface area contributed by atoms with Gasteiger partial charge in [0.25, 0.3) is 0 Å². The van der Waals surface area contributed by atoms with Gasteiger partial charge in [0.05, 0.1) is 5.92 Å². The van der Waals surface area contributed by atoms with Gasteiger partial charge in [0.1, 0.15) is 0 Å². The number of carbonyl (C=O) groups is 2. The fourth-order valence-corrected chi connectivity index (χ4v) is 3.54. The minimum absolute atomic E-state index is 0.00287. The normalized spacial score (nSPS) is 17.7. The Balaban J connectivity index is 1.61. The zero-order valence-electron chi connectivity index (χ0n) is 15.5. The zero-order valence-corrected chi connectivity index (χ0v) is 15.5. The van der Waals surface area contributed by atoms with Crippen LogP contribution in [0.4, 0.5) is 5.69 Å². The zero-order chi connectivity index (χ0) is 18.5. The van der Waals surface area contributed by atoms with E-state index in [4.69, 9.17) is 0 Å². The second-order valence-electron chi connectivity index (χ2n) is 7.19. The van der Waals surface area contributed by atoms with Crippen molar-refractivity contribution in [2.24, 2.45) is 5.92 Å². The van der Waals surface area contributed by atoms with Crippen LogP contribution in [0.25, 0.3) is 0 Å². The largest absolute Gasteiger partial charge is 0.326 e. The predicted octanol–water partition coefficient (Wildman–Crippen LogP) is 4.05. The summed E-state index contributed by atoms with van der Waals surface area (Å²) in [5, 5.41) is 2.98. The van der Waals surface area contributed by atoms with Crippen molar-refractivity contribution < 1.29 is 9.59 Å². The Morgan fingerprint density at radius 1 is 1.15 bits per heavy atom. The van der Waals surface area contributed by atoms with E-state index in [2.05, 4.69) is 41.4 Å². The van der Waals surface area contributed by atoms with Crippen LogP contribution < -0.4 is 5.32 Å². The van der Waals surface area contributed by atoms with Crippen molar-refractivity contribution in [2.75, 3.05) is 18.4 Å². The number of aryl methyl sites for hydroxylation is 1. The first-order valence-corrected chi connectivity index (χ1v) is 9.21. The summed E-state index contributed by atoms with van der Waals surface area (Å²) in [6, 6.07) is 15.7. The average Bonchev–Trinajstić information content (AvgIpc) is 2.62. The lowest BCUT2D eigenvalue weighted by atomic mass is 9.96. The molecule has 1 amide bonds. The number of hydrogen-bond acceptors (Lipinski definition) is 3. The highest BCUT2D eigenvalue weighted by Crippen LogP contribution is 2.21. The standard InChI is InChI=1S/C22H26N2O2/c1-16-6-3-7-18(12-16)14-24-11-5-9-20(15-24)22(26)23-21-10-4-8-19(13-21)17(2)25/h3-4,6-8,10,12-13,20H,5,9,11,14-15H2,1-2H3,(H,23,26). The Hall–Kier alpha value is -2.46. The second-order valence-corrected chi connectivity index (χ2v) is 7.19. The number of amides is 1. The third-order valence-corrected chi connectivity index (χ3v) is 4.90. The molecule has 1 aliphatic heterocycles. The molecule has 0 spiro atoms. The number of Topliss-reactive ketones (excluding diaryl/α,β-unsaturated/α-hetero) is 1. The summed E-state index contributed by atoms with van der Waals surface area (Å²) in [6.07, 6.45) is 1.93. The van der Waals surface area contributed by atoms with Gasteiger partial charge >= 0.3 is 0 Å². The van der Waals surface area contributed by atoms with Gasteiger partial charge in [0.2, 0.25) is 5.91 Å². The lowest BCUT2D eigenvalue weighted by molar-refractivity contribution is -0.121. The van der Waals surface area contributed by atoms with Gasteiger partial charge in [0, 0.05) is 24.3 Å². The van der Waals surface area contributed by atoms with Crippen LogP contribution in [0.1, 0.15) is 41.3 Å². The van der Waals surface area contributed by atoms with Gasteiger partial charge in [-0.1, -0.05) is 42.0 Å². The van der Waals surface area contributed by atoms with E-state index in [0.29, 0.717) is 11.3 Å². The van der Waals surface area contributed by atoms with Crippen LogP contribution in [0, 0.1) is 12.8 Å². The van der Waals surface area contributed by atoms with Crippen molar-refractivity contribution in [3.63, 3.8) is 0 Å². The Bertz CT molecular complexity index is 800. The van der Waals surface area contributed by atoms with Gasteiger partial charge < -0.3 is 5.32 Å². The maximum atomic E-state index is 12.7. The van der Waals surface area contributed by atoms with Crippen molar-refractivity contribution in [3.8, 4) is 0 Å². The molecule has 1 atom stereocenters. The molecule has 1 fully saturated rings. The summed E-state index contributed by atoms with van der Waals surface area (Å²) in [7, 11) is 0. The summed E-state index contributed by atoms with van der Waals surface area (Å²) in [5.74, 6) is 0.0253. The first kappa shape index (κ1) is 18.3. The SMILES string of the molecule is CC(=O)c1cccc(NC(=O)C2CCCN(Cc3cccc(C)c3)C2)c1. The van der Waals surface area contributed by atoms with Crippen molar-refractivity contribution in [2.45, 2.75) is 33.2 Å². The van der Waals surface area contributed by atoms with Gasteiger partial charge in [-0.2, -0.15) is 0 Å². The first-order chi connectivity index (χ1) is 12.5. The monoisotopic (exact) mass is 350 g/mol. The van der Waals surface area contributed by atoms with Crippen LogP contribution in [0.3, 0.4) is 0 Å². The van der Waals surface area contributed by atoms with Crippen LogP contribution in [0.5, 0.6) is 0 Å². The average molecular weight is 350 g/mol. The first-order valence-electron chi connectivity index (χ1n) is 9.21. The molecule has 1 saturated heterocycles. The smallest absolute Gasteiger partial charge is 0.228 e. The molecule has 0 aliphatic carbocycles. The van der Waals surface area contributed by atoms with E-state index in [0.717, 1.165) is 32.5 Å². The summed E-state index contributed by atoms with van der Waals surface area (Å²) in [6.45, 7) is 6.31. The minimum Gasteiger partial charge on any atom is -0.326 e. The molecule has 4 nitrogen and oxygen atoms in total. The molecular weight excluding hydrogens is 324 g/mol. The molecule has 0 saturated carbocycles. The van der Waals surface area contributed by atoms with Gasteiger partial charge in [-0.3, -0.25) is 14.5 Å². The fraction of sp³-hybridized carbons (Fsp3) is 0.364. The van der Waals surface area contributed by atoms with E-state index >= 15 is 0 Å². The van der Waals surface area contributed by atoms with Crippen LogP contribution in [-0.4, -0.2) is 29.7 Å². The third kappa shape index (κ3) is 4.79. The van der Waals surface area contributed by atoms with Crippen molar-refractivity contribution in [3.05, 3.63) is 65.2 Å². The Morgan fingerprint density at radius 3 is 2.73 bits per heavy atom. The maximum absolute atomic E-state index is 12.7. The number of hydrogen-bond donors (Lipinski definition) is 1. The molecule has 3 rings (SSSR count). The molecule has 1 aliphatic rings. The molecule has 2 aromatic carbocycles. The molecule has 0 radical (unpaired) electrons. The summed E-state index contributed by atoms with van der Waals surface area (Å²) in [4.78, 5) is 26.5. The summed E-state index contributed by atoms with van der Waals surface area (Å²) in [5.41, 5.74) is 3.87. The number of ketones is 1. The topological polar surface area (TPSA) is 49.4 Å². The van der Waals surface area contributed by atoms with Crippen molar-refractivity contribution in [1.29, 1.82) is 0 Å². The van der Waals surface area contributed by atoms with Crippen LogP contribution in [0.15, 0.2) is 48.5 Å². The van der Waals surface area contributed by atoms with Gasteiger partial charge in [0.15, 0.2) is 5.78 Å². The Morgan fingerprint density at radius 2 is 1.96 bits per heavy atom. The highest BCUT2D eigenvalue weighted by atomic mass is 16.2. The molecular formula is C22H26N2O2. The number of likely N-dealkylation sites (tertiary alicyclic amines) is 1. The second kappa shape index (κ2) is 8.28. The van der Waals surface area contributed by atoms with E-state index in [9.17, 15) is 9.59 Å². The fourth-order valence-electron chi connectivity index (χ4n) is 3.54. The van der Waals surface area contributed by atoms with Crippen LogP contribution >= 0.6 is 0 Å². The number of benzene rings is 2. The Kier molecular flexibility index (Phi) is 5.84. The molecule has 0 bridgehead atoms. The van der Waals surface area contributed by atoms with Gasteiger partial charge in [-0.15, -0.1) is 0 Å². The third-order valence-electron chi connectivity index (χ3n) is 4.90. The van der Waals surface area contributed by atoms with E-state index in [1.807, 2.05) is 6.07 Å². The molecule has 1 N–H and O–H groups in total. The van der Waals surface area contributed by atoms with Crippen molar-refractivity contribution >= 4 is 17.4 Å². The highest BCUT2D eigenvalue weighted by molar-refractivity contribution is 5.97. The molecule has 26 heavy (non-hydrogen) atoms. The predicted molar refractivity (Wildman–Crippen MR) is 104 cm³/mol. The maximum Gasteiger partial charge on any atom is 0.228 e. The van der Waals surface area contributed by atoms with Crippen LogP contribution in [0.2, 0.25) is 0 Å². The van der Waals surface area contributed by atoms with E-state index in [1.54, 1.807) is 18.2 Å². The lowest BCUT2D eigenvalue weighted by Crippen LogP contribution is -2.40. The summed E-state index contributed by atoms with van der Waals surface area (Å²) < 4.78 is 0. The van der Waals surface area contributed by atoms with E-state index in [-0.39, 0.29) is 17.6 Å². The highest BCUT2D eigenvalue weighted by Gasteiger charge is 2.26. The molecule has 4 heteroatoms. The van der Waals surface area contributed by atoms with Gasteiger partial charge in [-0.05, 0) is 50.9 Å². The number of anilines is 1. The minimum atomic E-state index is -0.0189. The number of nitrogens with one attached hydrogen (secondary N) is 1. The summed E-state index contributed by atoms with van der Waals surface area (Å²) >= 11 is 0. The Labute approximate surface area is 155 Å². The number of nitrogens with zero attached hydrogens (tertiary/aromatic N) is 1. The van der Waals surface area contributed by atoms with Gasteiger partial charge in [-0.25, -0.2) is 0 Å². The number of rotatable bonds is 5. The molecule has 136 valence electrons. The number of piperidine rings is 1. The molecule has 1 heterocycles. The quantitative estimate of drug-likeness (QED) is 0.828. The number of carbonyl (C=O) groups excluding carboxylic acids is 2. The van der Waals surface area contributed by atoms with E-state index < -0.39 is 0 Å².